The number of hydrogen-bond acceptors (Lipinski definition) is 1. The first kappa shape index (κ1) is 13.1. The molecule has 0 bridgehead atoms. The van der Waals surface area contributed by atoms with Crippen LogP contribution in [0.1, 0.15) is 0 Å². The van der Waals surface area contributed by atoms with Crippen LogP contribution >= 0.6 is 0 Å². The highest BCUT2D eigenvalue weighted by Gasteiger charge is 2.34. The van der Waals surface area contributed by atoms with Gasteiger partial charge in [0.2, 0.25) is 0 Å². The highest BCUT2D eigenvalue weighted by Crippen LogP contribution is 2.16. The van der Waals surface area contributed by atoms with Gasteiger partial charge in [0.05, 0.1) is 0 Å². The second kappa shape index (κ2) is 5.23. The highest BCUT2D eigenvalue weighted by atomic mass is 28.4. The Hall–Kier alpha value is -1.90. The lowest BCUT2D eigenvalue weighted by atomic mass is 10.1. The standard InChI is InChI=1S/C18H18OSi/c1-19-20(2,16-11-4-3-5-12-16)18-14-8-10-15-9-6-7-13-17(15)18/h3-14H,1-2H3/t20-/m1/s1. The largest absolute Gasteiger partial charge is 0.411 e. The van der Waals surface area contributed by atoms with Gasteiger partial charge in [0, 0.05) is 7.11 Å². The molecule has 100 valence electrons. The minimum absolute atomic E-state index is 1.27. The van der Waals surface area contributed by atoms with Crippen molar-refractivity contribution in [3.63, 3.8) is 0 Å². The zero-order chi connectivity index (χ0) is 14.0. The van der Waals surface area contributed by atoms with Crippen molar-refractivity contribution in [2.75, 3.05) is 7.11 Å². The fourth-order valence-electron chi connectivity index (χ4n) is 2.78. The summed E-state index contributed by atoms with van der Waals surface area (Å²) in [7, 11) is -0.306. The summed E-state index contributed by atoms with van der Waals surface area (Å²) in [6, 6.07) is 25.6. The Balaban J connectivity index is 2.27. The van der Waals surface area contributed by atoms with Crippen molar-refractivity contribution in [1.82, 2.24) is 0 Å². The molecule has 0 radical (unpaired) electrons. The van der Waals surface area contributed by atoms with Gasteiger partial charge in [-0.05, 0) is 27.7 Å². The van der Waals surface area contributed by atoms with Crippen LogP contribution in [0.5, 0.6) is 0 Å². The first-order chi connectivity index (χ1) is 9.75. The van der Waals surface area contributed by atoms with Crippen molar-refractivity contribution in [3.8, 4) is 0 Å². The van der Waals surface area contributed by atoms with E-state index in [0.29, 0.717) is 0 Å². The molecule has 3 aromatic rings. The zero-order valence-electron chi connectivity index (χ0n) is 11.8. The van der Waals surface area contributed by atoms with E-state index in [1.165, 1.54) is 21.1 Å². The van der Waals surface area contributed by atoms with Gasteiger partial charge in [0.1, 0.15) is 0 Å². The molecule has 2 heteroatoms. The number of rotatable bonds is 3. The molecular weight excluding hydrogens is 260 g/mol. The van der Waals surface area contributed by atoms with Gasteiger partial charge in [-0.1, -0.05) is 72.8 Å². The van der Waals surface area contributed by atoms with E-state index in [1.807, 2.05) is 7.11 Å². The molecule has 0 aromatic heterocycles. The predicted molar refractivity (Wildman–Crippen MR) is 88.3 cm³/mol. The molecule has 0 saturated carbocycles. The molecule has 0 aliphatic heterocycles. The highest BCUT2D eigenvalue weighted by molar-refractivity contribution is 6.97. The molecular formula is C18H18OSi. The van der Waals surface area contributed by atoms with Crippen molar-refractivity contribution >= 4 is 29.5 Å². The van der Waals surface area contributed by atoms with Gasteiger partial charge in [-0.2, -0.15) is 0 Å². The second-order valence-corrected chi connectivity index (χ2v) is 8.72. The molecule has 0 N–H and O–H groups in total. The minimum Gasteiger partial charge on any atom is -0.411 e. The Labute approximate surface area is 121 Å². The van der Waals surface area contributed by atoms with E-state index >= 15 is 0 Å². The Morgan fingerprint density at radius 2 is 1.40 bits per heavy atom. The third-order valence-electron chi connectivity index (χ3n) is 4.04. The average Bonchev–Trinajstić information content (AvgIpc) is 2.54. The normalized spacial score (nSPS) is 14.1. The van der Waals surface area contributed by atoms with E-state index in [-0.39, 0.29) is 0 Å². The van der Waals surface area contributed by atoms with E-state index in [9.17, 15) is 0 Å². The summed E-state index contributed by atoms with van der Waals surface area (Å²) in [5.41, 5.74) is 0. The van der Waals surface area contributed by atoms with Crippen LogP contribution in [0.2, 0.25) is 6.55 Å². The molecule has 3 rings (SSSR count). The van der Waals surface area contributed by atoms with Gasteiger partial charge in [0.25, 0.3) is 8.32 Å². The molecule has 0 unspecified atom stereocenters. The van der Waals surface area contributed by atoms with Crippen LogP contribution in [0.4, 0.5) is 0 Å². The van der Waals surface area contributed by atoms with Gasteiger partial charge in [0.15, 0.2) is 0 Å². The van der Waals surface area contributed by atoms with Gasteiger partial charge in [-0.25, -0.2) is 0 Å². The van der Waals surface area contributed by atoms with E-state index in [0.717, 1.165) is 0 Å². The molecule has 1 atom stereocenters. The first-order valence-corrected chi connectivity index (χ1v) is 9.25. The lowest BCUT2D eigenvalue weighted by Gasteiger charge is -2.27. The summed E-state index contributed by atoms with van der Waals surface area (Å²) in [5, 5.41) is 5.22. The lowest BCUT2D eigenvalue weighted by Crippen LogP contribution is -2.57. The maximum absolute atomic E-state index is 6.06. The van der Waals surface area contributed by atoms with Crippen molar-refractivity contribution in [1.29, 1.82) is 0 Å². The predicted octanol–water partition coefficient (Wildman–Crippen LogP) is 3.18. The molecule has 1 nitrogen and oxygen atoms in total. The quantitative estimate of drug-likeness (QED) is 0.669. The summed E-state index contributed by atoms with van der Waals surface area (Å²) in [4.78, 5) is 0. The van der Waals surface area contributed by atoms with Crippen LogP contribution in [-0.2, 0) is 4.43 Å². The summed E-state index contributed by atoms with van der Waals surface area (Å²) in [5.74, 6) is 0. The SMILES string of the molecule is CO[Si@](C)(c1ccccc1)c1cccc2ccccc12. The second-order valence-electron chi connectivity index (χ2n) is 5.13. The average molecular weight is 278 g/mol. The molecule has 0 heterocycles. The number of fused-ring (bicyclic) bond motifs is 1. The molecule has 0 aliphatic carbocycles. The van der Waals surface area contributed by atoms with Crippen molar-refractivity contribution in [2.45, 2.75) is 6.55 Å². The fraction of sp³-hybridized carbons (Fsp3) is 0.111. The summed E-state index contributed by atoms with van der Waals surface area (Å²) < 4.78 is 6.06. The molecule has 3 aromatic carbocycles. The third kappa shape index (κ3) is 2.07. The van der Waals surface area contributed by atoms with Crippen LogP contribution in [0.3, 0.4) is 0 Å². The Kier molecular flexibility index (Phi) is 3.43. The number of hydrogen-bond donors (Lipinski definition) is 0. The monoisotopic (exact) mass is 278 g/mol. The van der Waals surface area contributed by atoms with E-state index < -0.39 is 8.32 Å². The summed E-state index contributed by atoms with van der Waals surface area (Å²) in [6.45, 7) is 2.27. The summed E-state index contributed by atoms with van der Waals surface area (Å²) >= 11 is 0. The molecule has 0 amide bonds. The molecule has 20 heavy (non-hydrogen) atoms. The van der Waals surface area contributed by atoms with Crippen LogP contribution in [0.15, 0.2) is 72.8 Å². The van der Waals surface area contributed by atoms with E-state index in [1.54, 1.807) is 0 Å². The molecule has 0 aliphatic rings. The molecule has 0 saturated heterocycles. The maximum atomic E-state index is 6.06. The van der Waals surface area contributed by atoms with Crippen LogP contribution in [0, 0.1) is 0 Å². The van der Waals surface area contributed by atoms with Gasteiger partial charge < -0.3 is 4.43 Å². The molecule has 0 spiro atoms. The lowest BCUT2D eigenvalue weighted by molar-refractivity contribution is 0.422. The van der Waals surface area contributed by atoms with Gasteiger partial charge in [-0.3, -0.25) is 0 Å². The Morgan fingerprint density at radius 1 is 0.750 bits per heavy atom. The smallest absolute Gasteiger partial charge is 0.252 e. The maximum Gasteiger partial charge on any atom is 0.252 e. The molecule has 0 fully saturated rings. The van der Waals surface area contributed by atoms with Gasteiger partial charge >= 0.3 is 0 Å². The van der Waals surface area contributed by atoms with E-state index in [2.05, 4.69) is 79.3 Å². The minimum atomic E-state index is -2.14. The first-order valence-electron chi connectivity index (χ1n) is 6.84. The van der Waals surface area contributed by atoms with Crippen molar-refractivity contribution in [3.05, 3.63) is 72.8 Å². The van der Waals surface area contributed by atoms with E-state index in [4.69, 9.17) is 4.43 Å². The third-order valence-corrected chi connectivity index (χ3v) is 7.75. The fourth-order valence-corrected chi connectivity index (χ4v) is 5.53. The zero-order valence-corrected chi connectivity index (χ0v) is 12.8. The Bertz CT molecular complexity index is 718. The van der Waals surface area contributed by atoms with Crippen LogP contribution < -0.4 is 10.4 Å². The van der Waals surface area contributed by atoms with Gasteiger partial charge in [-0.15, -0.1) is 0 Å². The number of benzene rings is 3. The van der Waals surface area contributed by atoms with Crippen molar-refractivity contribution in [2.24, 2.45) is 0 Å². The topological polar surface area (TPSA) is 9.23 Å². The van der Waals surface area contributed by atoms with Crippen molar-refractivity contribution < 1.29 is 4.43 Å². The Morgan fingerprint density at radius 3 is 2.15 bits per heavy atom. The summed E-state index contributed by atoms with van der Waals surface area (Å²) in [6.07, 6.45) is 0. The van der Waals surface area contributed by atoms with Crippen LogP contribution in [-0.4, -0.2) is 15.4 Å². The van der Waals surface area contributed by atoms with Crippen LogP contribution in [0.25, 0.3) is 10.8 Å².